The second-order valence-corrected chi connectivity index (χ2v) is 3.94. The van der Waals surface area contributed by atoms with Gasteiger partial charge >= 0.3 is 5.97 Å². The lowest BCUT2D eigenvalue weighted by Gasteiger charge is -2.26. The molecule has 1 saturated heterocycles. The Morgan fingerprint density at radius 1 is 1.61 bits per heavy atom. The second-order valence-electron chi connectivity index (χ2n) is 3.94. The van der Waals surface area contributed by atoms with Crippen molar-refractivity contribution in [1.29, 1.82) is 0 Å². The maximum atomic E-state index is 11.6. The van der Waals surface area contributed by atoms with Crippen LogP contribution in [0.4, 0.5) is 0 Å². The molecule has 1 fully saturated rings. The Hall–Kier alpha value is -2.00. The third-order valence-corrected chi connectivity index (χ3v) is 2.66. The largest absolute Gasteiger partial charge is 0.480 e. The molecular weight excluding hydrogens is 242 g/mol. The molecule has 9 nitrogen and oxygen atoms in total. The second kappa shape index (κ2) is 5.10. The van der Waals surface area contributed by atoms with Gasteiger partial charge in [0.2, 0.25) is 0 Å². The number of carbonyl (C=O) groups excluding carboxylic acids is 1. The summed E-state index contributed by atoms with van der Waals surface area (Å²) in [5.74, 6) is -1.98. The number of aromatic nitrogens is 3. The number of rotatable bonds is 5. The maximum absolute atomic E-state index is 11.6. The summed E-state index contributed by atoms with van der Waals surface area (Å²) in [5, 5.41) is 30.1. The highest BCUT2D eigenvalue weighted by Crippen LogP contribution is 2.09. The van der Waals surface area contributed by atoms with Crippen LogP contribution >= 0.6 is 0 Å². The fraction of sp³-hybridized carbons (Fsp3) is 0.556. The molecule has 9 heteroatoms. The Morgan fingerprint density at radius 2 is 2.33 bits per heavy atom. The van der Waals surface area contributed by atoms with Crippen LogP contribution in [0.5, 0.6) is 0 Å². The summed E-state index contributed by atoms with van der Waals surface area (Å²) in [6.45, 7) is 0.847. The van der Waals surface area contributed by atoms with Crippen molar-refractivity contribution < 1.29 is 19.8 Å². The molecule has 0 spiro atoms. The highest BCUT2D eigenvalue weighted by Gasteiger charge is 2.24. The van der Waals surface area contributed by atoms with E-state index in [1.807, 2.05) is 0 Å². The molecule has 0 aliphatic carbocycles. The standard InChI is InChI=1S/C9H13N5O4/c15-4-7(9(17)18)11-8(16)6-3-14(13-12-6)5-1-10-2-5/h3,5,7,10,15H,1-2,4H2,(H,11,16)(H,17,18). The quantitative estimate of drug-likeness (QED) is 0.461. The number of carboxylic acid groups (broad SMARTS) is 1. The van der Waals surface area contributed by atoms with E-state index in [1.54, 1.807) is 4.68 Å². The molecule has 0 aromatic carbocycles. The summed E-state index contributed by atoms with van der Waals surface area (Å²) < 4.78 is 1.56. The molecule has 0 saturated carbocycles. The number of nitrogens with one attached hydrogen (secondary N) is 2. The van der Waals surface area contributed by atoms with E-state index in [0.29, 0.717) is 0 Å². The topological polar surface area (TPSA) is 129 Å². The van der Waals surface area contributed by atoms with E-state index in [4.69, 9.17) is 10.2 Å². The van der Waals surface area contributed by atoms with Gasteiger partial charge in [-0.3, -0.25) is 4.79 Å². The van der Waals surface area contributed by atoms with Gasteiger partial charge in [0.1, 0.15) is 0 Å². The van der Waals surface area contributed by atoms with Gasteiger partial charge < -0.3 is 20.8 Å². The first-order valence-corrected chi connectivity index (χ1v) is 5.39. The van der Waals surface area contributed by atoms with Crippen molar-refractivity contribution in [3.8, 4) is 0 Å². The lowest BCUT2D eigenvalue weighted by atomic mass is 10.2. The highest BCUT2D eigenvalue weighted by molar-refractivity contribution is 5.94. The SMILES string of the molecule is O=C(NC(CO)C(=O)O)c1cn(C2CNC2)nn1. The fourth-order valence-corrected chi connectivity index (χ4v) is 1.44. The van der Waals surface area contributed by atoms with Crippen molar-refractivity contribution in [3.63, 3.8) is 0 Å². The molecule has 1 amide bonds. The molecule has 1 aromatic heterocycles. The molecule has 18 heavy (non-hydrogen) atoms. The van der Waals surface area contributed by atoms with E-state index in [2.05, 4.69) is 20.9 Å². The summed E-state index contributed by atoms with van der Waals surface area (Å²) in [6, 6.07) is -1.17. The number of aliphatic hydroxyl groups excluding tert-OH is 1. The third kappa shape index (κ3) is 2.46. The normalized spacial score (nSPS) is 16.9. The van der Waals surface area contributed by atoms with Gasteiger partial charge in [0.25, 0.3) is 5.91 Å². The Kier molecular flexibility index (Phi) is 3.53. The van der Waals surface area contributed by atoms with Gasteiger partial charge in [-0.2, -0.15) is 0 Å². The van der Waals surface area contributed by atoms with E-state index in [9.17, 15) is 9.59 Å². The van der Waals surface area contributed by atoms with Crippen LogP contribution in [0.15, 0.2) is 6.20 Å². The lowest BCUT2D eigenvalue weighted by Crippen LogP contribution is -2.44. The number of carboxylic acids is 1. The first kappa shape index (κ1) is 12.5. The van der Waals surface area contributed by atoms with Crippen LogP contribution in [0.2, 0.25) is 0 Å². The zero-order chi connectivity index (χ0) is 13.1. The molecule has 1 atom stereocenters. The number of hydrogen-bond acceptors (Lipinski definition) is 6. The predicted octanol–water partition coefficient (Wildman–Crippen LogP) is -2.40. The molecule has 4 N–H and O–H groups in total. The molecule has 1 aliphatic rings. The summed E-state index contributed by atoms with van der Waals surface area (Å²) in [5.41, 5.74) is 0.0293. The number of amides is 1. The Balaban J connectivity index is 1.99. The minimum absolute atomic E-state index is 0.0293. The van der Waals surface area contributed by atoms with Crippen LogP contribution in [0.1, 0.15) is 16.5 Å². The van der Waals surface area contributed by atoms with Crippen molar-refractivity contribution in [2.45, 2.75) is 12.1 Å². The van der Waals surface area contributed by atoms with Crippen molar-refractivity contribution in [2.75, 3.05) is 19.7 Å². The van der Waals surface area contributed by atoms with E-state index >= 15 is 0 Å². The molecule has 1 unspecified atom stereocenters. The molecule has 2 rings (SSSR count). The van der Waals surface area contributed by atoms with Crippen LogP contribution in [-0.2, 0) is 4.79 Å². The molecular formula is C9H13N5O4. The van der Waals surface area contributed by atoms with Gasteiger partial charge in [0, 0.05) is 13.1 Å². The predicted molar refractivity (Wildman–Crippen MR) is 57.9 cm³/mol. The van der Waals surface area contributed by atoms with Gasteiger partial charge in [0.05, 0.1) is 18.8 Å². The average molecular weight is 255 g/mol. The first-order valence-electron chi connectivity index (χ1n) is 5.39. The van der Waals surface area contributed by atoms with Crippen molar-refractivity contribution in [1.82, 2.24) is 25.6 Å². The zero-order valence-electron chi connectivity index (χ0n) is 9.41. The molecule has 0 bridgehead atoms. The summed E-state index contributed by atoms with van der Waals surface area (Å²) in [4.78, 5) is 22.3. The third-order valence-electron chi connectivity index (χ3n) is 2.66. The number of aliphatic carboxylic acids is 1. The van der Waals surface area contributed by atoms with Gasteiger partial charge in [0.15, 0.2) is 11.7 Å². The lowest BCUT2D eigenvalue weighted by molar-refractivity contribution is -0.140. The summed E-state index contributed by atoms with van der Waals surface area (Å²) in [7, 11) is 0. The number of aliphatic hydroxyl groups is 1. The Morgan fingerprint density at radius 3 is 2.83 bits per heavy atom. The van der Waals surface area contributed by atoms with Crippen LogP contribution in [0.25, 0.3) is 0 Å². The van der Waals surface area contributed by atoms with E-state index < -0.39 is 24.5 Å². The molecule has 2 heterocycles. The average Bonchev–Trinajstić information content (AvgIpc) is 2.71. The fourth-order valence-electron chi connectivity index (χ4n) is 1.44. The van der Waals surface area contributed by atoms with Crippen molar-refractivity contribution in [2.24, 2.45) is 0 Å². The van der Waals surface area contributed by atoms with Crippen LogP contribution < -0.4 is 10.6 Å². The summed E-state index contributed by atoms with van der Waals surface area (Å²) >= 11 is 0. The monoisotopic (exact) mass is 255 g/mol. The molecule has 98 valence electrons. The minimum Gasteiger partial charge on any atom is -0.480 e. The van der Waals surface area contributed by atoms with E-state index in [1.165, 1.54) is 6.20 Å². The smallest absolute Gasteiger partial charge is 0.328 e. The van der Waals surface area contributed by atoms with Gasteiger partial charge in [-0.05, 0) is 0 Å². The number of nitrogens with zero attached hydrogens (tertiary/aromatic N) is 3. The molecule has 0 radical (unpaired) electrons. The number of carbonyl (C=O) groups is 2. The van der Waals surface area contributed by atoms with Crippen LogP contribution in [0.3, 0.4) is 0 Å². The Labute approximate surface area is 102 Å². The van der Waals surface area contributed by atoms with Crippen LogP contribution in [-0.4, -0.2) is 62.8 Å². The maximum Gasteiger partial charge on any atom is 0.328 e. The van der Waals surface area contributed by atoms with Gasteiger partial charge in [-0.25, -0.2) is 9.48 Å². The first-order chi connectivity index (χ1) is 8.61. The van der Waals surface area contributed by atoms with Gasteiger partial charge in [-0.15, -0.1) is 5.10 Å². The number of hydrogen-bond donors (Lipinski definition) is 4. The van der Waals surface area contributed by atoms with Crippen LogP contribution in [0, 0.1) is 0 Å². The van der Waals surface area contributed by atoms with E-state index in [0.717, 1.165) is 13.1 Å². The van der Waals surface area contributed by atoms with Crippen molar-refractivity contribution in [3.05, 3.63) is 11.9 Å². The minimum atomic E-state index is -1.34. The van der Waals surface area contributed by atoms with E-state index in [-0.39, 0.29) is 11.7 Å². The van der Waals surface area contributed by atoms with Gasteiger partial charge in [-0.1, -0.05) is 5.21 Å². The zero-order valence-corrected chi connectivity index (χ0v) is 9.41. The molecule has 1 aliphatic heterocycles. The molecule has 1 aromatic rings. The van der Waals surface area contributed by atoms with Crippen molar-refractivity contribution >= 4 is 11.9 Å². The summed E-state index contributed by atoms with van der Waals surface area (Å²) in [6.07, 6.45) is 1.46. The Bertz CT molecular complexity index is 456. The highest BCUT2D eigenvalue weighted by atomic mass is 16.4.